The van der Waals surface area contributed by atoms with Crippen molar-refractivity contribution in [1.82, 2.24) is 14.5 Å². The number of furan rings is 1. The second-order valence-electron chi connectivity index (χ2n) is 7.01. The Morgan fingerprint density at radius 1 is 1.41 bits per heavy atom. The van der Waals surface area contributed by atoms with Crippen LogP contribution < -0.4 is 5.56 Å². The van der Waals surface area contributed by atoms with E-state index in [0.717, 1.165) is 25.7 Å². The van der Waals surface area contributed by atoms with Crippen molar-refractivity contribution < 1.29 is 18.7 Å². The van der Waals surface area contributed by atoms with Gasteiger partial charge < -0.3 is 18.6 Å². The average Bonchev–Trinajstić information content (AvgIpc) is 3.00. The first-order valence-corrected chi connectivity index (χ1v) is 9.31. The molecule has 2 aromatic heterocycles. The smallest absolute Gasteiger partial charge is 0.343 e. The fraction of sp³-hybridized carbons (Fsp3) is 0.579. The minimum atomic E-state index is -0.936. The van der Waals surface area contributed by atoms with Crippen LogP contribution in [0.3, 0.4) is 0 Å². The maximum Gasteiger partial charge on any atom is 0.343 e. The number of aromatic nitrogens is 2. The Bertz CT molecular complexity index is 929. The van der Waals surface area contributed by atoms with Gasteiger partial charge in [0.25, 0.3) is 11.5 Å². The summed E-state index contributed by atoms with van der Waals surface area (Å²) in [4.78, 5) is 43.7. The van der Waals surface area contributed by atoms with Gasteiger partial charge in [-0.2, -0.15) is 0 Å². The molecule has 0 aliphatic carbocycles. The standard InChI is InChI=1S/C19H25N3O5/c1-5-13-8-6-7-9-22(13)17(23)12(3)27-19(25)14-11(2)26-16-15(14)18(24)21(4)10-20-16/h10,12-13H,5-9H2,1-4H3. The van der Waals surface area contributed by atoms with Crippen LogP contribution in [0.15, 0.2) is 15.5 Å². The minimum absolute atomic E-state index is 0.0315. The third-order valence-electron chi connectivity index (χ3n) is 5.17. The summed E-state index contributed by atoms with van der Waals surface area (Å²) in [5.74, 6) is -0.705. The number of hydrogen-bond donors (Lipinski definition) is 0. The van der Waals surface area contributed by atoms with Gasteiger partial charge in [0.15, 0.2) is 6.10 Å². The van der Waals surface area contributed by atoms with Gasteiger partial charge in [0, 0.05) is 19.6 Å². The summed E-state index contributed by atoms with van der Waals surface area (Å²) >= 11 is 0. The minimum Gasteiger partial charge on any atom is -0.449 e. The van der Waals surface area contributed by atoms with Crippen molar-refractivity contribution in [3.8, 4) is 0 Å². The summed E-state index contributed by atoms with van der Waals surface area (Å²) in [5.41, 5.74) is -0.280. The van der Waals surface area contributed by atoms with E-state index in [2.05, 4.69) is 11.9 Å². The molecular formula is C19H25N3O5. The first-order valence-electron chi connectivity index (χ1n) is 9.31. The van der Waals surface area contributed by atoms with Crippen molar-refractivity contribution in [1.29, 1.82) is 0 Å². The lowest BCUT2D eigenvalue weighted by Crippen LogP contribution is -2.48. The molecule has 1 aliphatic heterocycles. The van der Waals surface area contributed by atoms with Gasteiger partial charge in [-0.25, -0.2) is 9.78 Å². The highest BCUT2D eigenvalue weighted by molar-refractivity contribution is 6.04. The quantitative estimate of drug-likeness (QED) is 0.760. The van der Waals surface area contributed by atoms with E-state index in [0.29, 0.717) is 6.54 Å². The largest absolute Gasteiger partial charge is 0.449 e. The molecule has 3 heterocycles. The average molecular weight is 375 g/mol. The summed E-state index contributed by atoms with van der Waals surface area (Å²) in [6.45, 7) is 5.87. The maximum absolute atomic E-state index is 12.8. The Labute approximate surface area is 157 Å². The fourth-order valence-electron chi connectivity index (χ4n) is 3.65. The molecule has 27 heavy (non-hydrogen) atoms. The molecule has 0 spiro atoms. The third-order valence-corrected chi connectivity index (χ3v) is 5.17. The number of likely N-dealkylation sites (tertiary alicyclic amines) is 1. The number of hydrogen-bond acceptors (Lipinski definition) is 6. The van der Waals surface area contributed by atoms with Crippen LogP contribution in [-0.4, -0.2) is 45.0 Å². The van der Waals surface area contributed by atoms with Crippen molar-refractivity contribution in [3.63, 3.8) is 0 Å². The number of rotatable bonds is 4. The summed E-state index contributed by atoms with van der Waals surface area (Å²) in [5, 5.41) is 0.0755. The van der Waals surface area contributed by atoms with Gasteiger partial charge in [0.1, 0.15) is 23.0 Å². The first kappa shape index (κ1) is 19.1. The van der Waals surface area contributed by atoms with E-state index < -0.39 is 17.6 Å². The van der Waals surface area contributed by atoms with Crippen molar-refractivity contribution in [2.45, 2.75) is 58.6 Å². The van der Waals surface area contributed by atoms with Crippen molar-refractivity contribution in [2.75, 3.05) is 6.54 Å². The number of carbonyl (C=O) groups excluding carboxylic acids is 2. The lowest BCUT2D eigenvalue weighted by molar-refractivity contribution is -0.143. The number of fused-ring (bicyclic) bond motifs is 1. The number of ether oxygens (including phenoxy) is 1. The molecule has 8 nitrogen and oxygen atoms in total. The molecule has 1 aliphatic rings. The maximum atomic E-state index is 12.8. The lowest BCUT2D eigenvalue weighted by atomic mass is 9.99. The molecular weight excluding hydrogens is 350 g/mol. The van der Waals surface area contributed by atoms with Gasteiger partial charge in [-0.1, -0.05) is 6.92 Å². The zero-order chi connectivity index (χ0) is 19.7. The molecule has 3 rings (SSSR count). The number of piperidine rings is 1. The number of amides is 1. The van der Waals surface area contributed by atoms with Gasteiger partial charge >= 0.3 is 5.97 Å². The molecule has 8 heteroatoms. The molecule has 1 saturated heterocycles. The van der Waals surface area contributed by atoms with Crippen LogP contribution in [0.4, 0.5) is 0 Å². The summed E-state index contributed by atoms with van der Waals surface area (Å²) in [7, 11) is 1.54. The van der Waals surface area contributed by atoms with Gasteiger partial charge in [-0.05, 0) is 39.5 Å². The Kier molecular flexibility index (Phi) is 5.34. The van der Waals surface area contributed by atoms with Gasteiger partial charge in [0.05, 0.1) is 0 Å². The van der Waals surface area contributed by atoms with Crippen molar-refractivity contribution in [3.05, 3.63) is 28.0 Å². The molecule has 2 aromatic rings. The van der Waals surface area contributed by atoms with E-state index in [1.165, 1.54) is 10.9 Å². The third kappa shape index (κ3) is 3.48. The van der Waals surface area contributed by atoms with Gasteiger partial charge in [0.2, 0.25) is 5.71 Å². The fourth-order valence-corrected chi connectivity index (χ4v) is 3.65. The van der Waals surface area contributed by atoms with Gasteiger partial charge in [-0.15, -0.1) is 0 Å². The summed E-state index contributed by atoms with van der Waals surface area (Å²) in [6.07, 6.45) is 4.30. The molecule has 0 radical (unpaired) electrons. The van der Waals surface area contributed by atoms with E-state index in [1.807, 2.05) is 4.90 Å². The van der Waals surface area contributed by atoms with Crippen LogP contribution >= 0.6 is 0 Å². The predicted molar refractivity (Wildman–Crippen MR) is 98.5 cm³/mol. The zero-order valence-corrected chi connectivity index (χ0v) is 16.2. The molecule has 2 atom stereocenters. The Hall–Kier alpha value is -2.64. The van der Waals surface area contributed by atoms with Crippen LogP contribution in [0.5, 0.6) is 0 Å². The van der Waals surface area contributed by atoms with Crippen LogP contribution in [0.2, 0.25) is 0 Å². The molecule has 0 N–H and O–H groups in total. The van der Waals surface area contributed by atoms with Crippen LogP contribution in [0.1, 0.15) is 55.6 Å². The highest BCUT2D eigenvalue weighted by Crippen LogP contribution is 2.24. The molecule has 0 saturated carbocycles. The van der Waals surface area contributed by atoms with Crippen LogP contribution in [0.25, 0.3) is 11.1 Å². The SMILES string of the molecule is CCC1CCCCN1C(=O)C(C)OC(=O)c1c(C)oc2ncn(C)c(=O)c12. The summed E-state index contributed by atoms with van der Waals surface area (Å²) < 4.78 is 12.1. The molecule has 2 unspecified atom stereocenters. The van der Waals surface area contributed by atoms with E-state index >= 15 is 0 Å². The topological polar surface area (TPSA) is 94.6 Å². The second-order valence-corrected chi connectivity index (χ2v) is 7.01. The lowest BCUT2D eigenvalue weighted by Gasteiger charge is -2.36. The van der Waals surface area contributed by atoms with Crippen LogP contribution in [0, 0.1) is 6.92 Å². The monoisotopic (exact) mass is 375 g/mol. The molecule has 146 valence electrons. The Morgan fingerprint density at radius 2 is 2.15 bits per heavy atom. The molecule has 0 aromatic carbocycles. The van der Waals surface area contributed by atoms with E-state index in [1.54, 1.807) is 20.9 Å². The number of carbonyl (C=O) groups is 2. The van der Waals surface area contributed by atoms with E-state index in [4.69, 9.17) is 9.15 Å². The number of esters is 1. The van der Waals surface area contributed by atoms with E-state index in [-0.39, 0.29) is 34.4 Å². The second kappa shape index (κ2) is 7.54. The van der Waals surface area contributed by atoms with Crippen LogP contribution in [-0.2, 0) is 16.6 Å². The first-order chi connectivity index (χ1) is 12.8. The molecule has 1 amide bonds. The Morgan fingerprint density at radius 3 is 2.85 bits per heavy atom. The van der Waals surface area contributed by atoms with E-state index in [9.17, 15) is 14.4 Å². The highest BCUT2D eigenvalue weighted by atomic mass is 16.5. The highest BCUT2D eigenvalue weighted by Gasteiger charge is 2.32. The molecule has 0 bridgehead atoms. The number of aryl methyl sites for hydroxylation is 2. The predicted octanol–water partition coefficient (Wildman–Crippen LogP) is 2.17. The number of nitrogens with zero attached hydrogens (tertiary/aromatic N) is 3. The zero-order valence-electron chi connectivity index (χ0n) is 16.2. The van der Waals surface area contributed by atoms with Gasteiger partial charge in [-0.3, -0.25) is 9.59 Å². The summed E-state index contributed by atoms with van der Waals surface area (Å²) in [6, 6.07) is 0.181. The van der Waals surface area contributed by atoms with Crippen molar-refractivity contribution in [2.24, 2.45) is 7.05 Å². The molecule has 1 fully saturated rings. The normalized spacial score (nSPS) is 18.5. The Balaban J connectivity index is 1.84. The van der Waals surface area contributed by atoms with Crippen molar-refractivity contribution >= 4 is 23.0 Å².